The molecule has 1 atom stereocenters. The third-order valence-corrected chi connectivity index (χ3v) is 4.97. The van der Waals surface area contributed by atoms with Gasteiger partial charge in [0.25, 0.3) is 11.7 Å². The van der Waals surface area contributed by atoms with Crippen LogP contribution in [0.25, 0.3) is 5.76 Å². The number of benzene rings is 2. The first-order valence-corrected chi connectivity index (χ1v) is 8.75. The highest BCUT2D eigenvalue weighted by molar-refractivity contribution is 6.46. The first kappa shape index (κ1) is 18.5. The quantitative estimate of drug-likeness (QED) is 0.368. The van der Waals surface area contributed by atoms with Gasteiger partial charge in [-0.2, -0.15) is 0 Å². The van der Waals surface area contributed by atoms with Crippen molar-refractivity contribution < 1.29 is 33.7 Å². The normalized spacial score (nSPS) is 19.5. The van der Waals surface area contributed by atoms with Gasteiger partial charge in [-0.3, -0.25) is 9.59 Å². The molecular weight excluding hydrogens is 378 g/mol. The molecule has 2 aliphatic rings. The molecule has 0 radical (unpaired) electrons. The van der Waals surface area contributed by atoms with E-state index in [0.717, 1.165) is 0 Å². The predicted molar refractivity (Wildman–Crippen MR) is 100 cm³/mol. The van der Waals surface area contributed by atoms with E-state index in [2.05, 4.69) is 4.74 Å². The highest BCUT2D eigenvalue weighted by atomic mass is 16.7. The third kappa shape index (κ3) is 2.98. The van der Waals surface area contributed by atoms with Gasteiger partial charge in [-0.25, -0.2) is 4.79 Å². The maximum atomic E-state index is 12.6. The van der Waals surface area contributed by atoms with Crippen LogP contribution in [0.4, 0.5) is 0 Å². The number of likely N-dealkylation sites (tertiary alicyclic amines) is 1. The molecule has 2 heterocycles. The Hall–Kier alpha value is -3.81. The van der Waals surface area contributed by atoms with Crippen molar-refractivity contribution in [1.82, 2.24) is 4.90 Å². The summed E-state index contributed by atoms with van der Waals surface area (Å²) in [6, 6.07) is 10.3. The summed E-state index contributed by atoms with van der Waals surface area (Å²) in [6.45, 7) is 0.0748. The summed E-state index contributed by atoms with van der Waals surface area (Å²) in [4.78, 5) is 37.9. The summed E-state index contributed by atoms with van der Waals surface area (Å²) in [5.74, 6) is -1.35. The van der Waals surface area contributed by atoms with Crippen LogP contribution in [0.3, 0.4) is 0 Å². The first-order chi connectivity index (χ1) is 13.9. The van der Waals surface area contributed by atoms with Crippen LogP contribution in [0.1, 0.15) is 27.5 Å². The van der Waals surface area contributed by atoms with Crippen LogP contribution in [-0.4, -0.2) is 48.6 Å². The van der Waals surface area contributed by atoms with Crippen molar-refractivity contribution in [1.29, 1.82) is 0 Å². The summed E-state index contributed by atoms with van der Waals surface area (Å²) < 4.78 is 15.3. The molecule has 1 amide bonds. The fourth-order valence-electron chi connectivity index (χ4n) is 3.46. The van der Waals surface area contributed by atoms with E-state index < -0.39 is 23.7 Å². The van der Waals surface area contributed by atoms with Crippen molar-refractivity contribution >= 4 is 23.4 Å². The van der Waals surface area contributed by atoms with Crippen LogP contribution < -0.4 is 9.47 Å². The summed E-state index contributed by atoms with van der Waals surface area (Å²) in [5, 5.41) is 10.9. The van der Waals surface area contributed by atoms with Gasteiger partial charge < -0.3 is 24.2 Å². The summed E-state index contributed by atoms with van der Waals surface area (Å²) in [6.07, 6.45) is 0. The molecule has 2 aromatic rings. The third-order valence-electron chi connectivity index (χ3n) is 4.97. The number of ketones is 1. The van der Waals surface area contributed by atoms with Gasteiger partial charge in [0, 0.05) is 12.6 Å². The second kappa shape index (κ2) is 6.97. The average Bonchev–Trinajstić information content (AvgIpc) is 3.30. The Bertz CT molecular complexity index is 1060. The molecule has 8 nitrogen and oxygen atoms in total. The molecule has 29 heavy (non-hydrogen) atoms. The van der Waals surface area contributed by atoms with E-state index in [1.165, 1.54) is 31.2 Å². The second-order valence-corrected chi connectivity index (χ2v) is 6.59. The zero-order valence-electron chi connectivity index (χ0n) is 15.7. The lowest BCUT2D eigenvalue weighted by molar-refractivity contribution is -0.139. The molecule has 0 saturated carbocycles. The first-order valence-electron chi connectivity index (χ1n) is 8.75. The number of esters is 1. The Kier molecular flexibility index (Phi) is 4.46. The minimum absolute atomic E-state index is 0.0396. The van der Waals surface area contributed by atoms with Crippen molar-refractivity contribution in [3.8, 4) is 11.5 Å². The Morgan fingerprint density at radius 2 is 1.72 bits per heavy atom. The molecule has 1 N–H and O–H groups in total. The molecule has 0 bridgehead atoms. The molecule has 0 aliphatic carbocycles. The van der Waals surface area contributed by atoms with Gasteiger partial charge in [-0.15, -0.1) is 0 Å². The number of amides is 1. The zero-order chi connectivity index (χ0) is 20.7. The fourth-order valence-corrected chi connectivity index (χ4v) is 3.46. The molecule has 8 heteroatoms. The van der Waals surface area contributed by atoms with Crippen molar-refractivity contribution in [2.45, 2.75) is 6.04 Å². The van der Waals surface area contributed by atoms with Gasteiger partial charge in [0.2, 0.25) is 6.79 Å². The number of carbonyl (C=O) groups excluding carboxylic acids is 3. The number of rotatable bonds is 3. The number of aliphatic hydroxyl groups excluding tert-OH is 1. The van der Waals surface area contributed by atoms with Crippen molar-refractivity contribution in [3.63, 3.8) is 0 Å². The molecule has 148 valence electrons. The highest BCUT2D eigenvalue weighted by Crippen LogP contribution is 2.40. The number of hydrogen-bond acceptors (Lipinski definition) is 7. The number of aliphatic hydroxyl groups is 1. The van der Waals surface area contributed by atoms with Gasteiger partial charge in [0.1, 0.15) is 5.76 Å². The Labute approximate surface area is 165 Å². The van der Waals surface area contributed by atoms with Gasteiger partial charge in [-0.05, 0) is 35.9 Å². The van der Waals surface area contributed by atoms with Gasteiger partial charge in [0.15, 0.2) is 11.5 Å². The summed E-state index contributed by atoms with van der Waals surface area (Å²) in [5.41, 5.74) is 1.20. The van der Waals surface area contributed by atoms with Gasteiger partial charge in [-0.1, -0.05) is 12.1 Å². The van der Waals surface area contributed by atoms with E-state index in [-0.39, 0.29) is 18.1 Å². The number of Topliss-reactive ketones (excluding diaryl/α,β-unsaturated/α-hetero) is 1. The molecule has 1 unspecified atom stereocenters. The van der Waals surface area contributed by atoms with Crippen LogP contribution >= 0.6 is 0 Å². The van der Waals surface area contributed by atoms with E-state index in [1.54, 1.807) is 30.3 Å². The fraction of sp³-hybridized carbons (Fsp3) is 0.190. The van der Waals surface area contributed by atoms with Crippen LogP contribution in [0.5, 0.6) is 11.5 Å². The number of methoxy groups -OCH3 is 1. The minimum Gasteiger partial charge on any atom is -0.507 e. The lowest BCUT2D eigenvalue weighted by Gasteiger charge is -2.21. The second-order valence-electron chi connectivity index (χ2n) is 6.59. The average molecular weight is 395 g/mol. The van der Waals surface area contributed by atoms with Crippen molar-refractivity contribution in [3.05, 3.63) is 64.7 Å². The maximum absolute atomic E-state index is 12.6. The van der Waals surface area contributed by atoms with Gasteiger partial charge >= 0.3 is 5.97 Å². The molecule has 1 fully saturated rings. The molecular formula is C21H17NO7. The van der Waals surface area contributed by atoms with Crippen LogP contribution in [0, 0.1) is 0 Å². The monoisotopic (exact) mass is 395 g/mol. The topological polar surface area (TPSA) is 102 Å². The van der Waals surface area contributed by atoms with E-state index >= 15 is 0 Å². The Morgan fingerprint density at radius 1 is 1.07 bits per heavy atom. The van der Waals surface area contributed by atoms with Crippen molar-refractivity contribution in [2.75, 3.05) is 21.0 Å². The number of ether oxygens (including phenoxy) is 3. The van der Waals surface area contributed by atoms with Crippen molar-refractivity contribution in [2.24, 2.45) is 0 Å². The summed E-state index contributed by atoms with van der Waals surface area (Å²) in [7, 11) is 2.77. The number of nitrogens with zero attached hydrogens (tertiary/aromatic N) is 1. The molecule has 0 spiro atoms. The highest BCUT2D eigenvalue weighted by Gasteiger charge is 2.44. The molecule has 2 aromatic carbocycles. The zero-order valence-corrected chi connectivity index (χ0v) is 15.7. The van der Waals surface area contributed by atoms with Crippen LogP contribution in [-0.2, 0) is 14.3 Å². The summed E-state index contributed by atoms with van der Waals surface area (Å²) >= 11 is 0. The van der Waals surface area contributed by atoms with E-state index in [1.807, 2.05) is 0 Å². The smallest absolute Gasteiger partial charge is 0.337 e. The Morgan fingerprint density at radius 3 is 2.41 bits per heavy atom. The SMILES string of the molecule is COC(=O)c1ccc(C2/C(=C(\O)c3ccc4c(c3)OCO4)C(=O)C(=O)N2C)cc1. The maximum Gasteiger partial charge on any atom is 0.337 e. The number of hydrogen-bond donors (Lipinski definition) is 1. The lowest BCUT2D eigenvalue weighted by atomic mass is 9.94. The van der Waals surface area contributed by atoms with Crippen LogP contribution in [0.15, 0.2) is 48.0 Å². The predicted octanol–water partition coefficient (Wildman–Crippen LogP) is 2.25. The molecule has 0 aromatic heterocycles. The van der Waals surface area contributed by atoms with E-state index in [4.69, 9.17) is 9.47 Å². The number of carbonyl (C=O) groups is 3. The van der Waals surface area contributed by atoms with Gasteiger partial charge in [0.05, 0.1) is 24.3 Å². The van der Waals surface area contributed by atoms with E-state index in [0.29, 0.717) is 28.2 Å². The molecule has 4 rings (SSSR count). The largest absolute Gasteiger partial charge is 0.507 e. The molecule has 1 saturated heterocycles. The standard InChI is InChI=1S/C21H17NO7/c1-22-17(11-3-5-12(6-4-11)21(26)27-2)16(19(24)20(22)25)18(23)13-7-8-14-15(9-13)29-10-28-14/h3-9,17,23H,10H2,1-2H3/b18-16+. The number of likely N-dealkylation sites (N-methyl/N-ethyl adjacent to an activating group) is 1. The minimum atomic E-state index is -0.799. The van der Waals surface area contributed by atoms with Crippen LogP contribution in [0.2, 0.25) is 0 Å². The molecule has 2 aliphatic heterocycles. The number of fused-ring (bicyclic) bond motifs is 1. The van der Waals surface area contributed by atoms with E-state index in [9.17, 15) is 19.5 Å². The lowest BCUT2D eigenvalue weighted by Crippen LogP contribution is -2.24. The Balaban J connectivity index is 1.79.